The molecule has 28 heavy (non-hydrogen) atoms. The Kier molecular flexibility index (Phi) is 4.63. The first-order valence-corrected chi connectivity index (χ1v) is 9.63. The maximum Gasteiger partial charge on any atom is 0.194 e. The first kappa shape index (κ1) is 18.6. The van der Waals surface area contributed by atoms with Gasteiger partial charge in [-0.25, -0.2) is 4.98 Å². The number of aromatic nitrogens is 4. The van der Waals surface area contributed by atoms with Crippen molar-refractivity contribution in [3.05, 3.63) is 70.4 Å². The summed E-state index contributed by atoms with van der Waals surface area (Å²) in [5.74, 6) is 1.53. The van der Waals surface area contributed by atoms with Gasteiger partial charge in [0.2, 0.25) is 0 Å². The summed E-state index contributed by atoms with van der Waals surface area (Å²) in [4.78, 5) is 4.61. The Hall–Kier alpha value is -2.79. The molecule has 0 fully saturated rings. The van der Waals surface area contributed by atoms with Crippen LogP contribution in [0, 0.1) is 13.8 Å². The van der Waals surface area contributed by atoms with Gasteiger partial charge in [0.15, 0.2) is 11.5 Å². The van der Waals surface area contributed by atoms with Crippen LogP contribution in [0.3, 0.4) is 0 Å². The number of fused-ring (bicyclic) bond motifs is 1. The van der Waals surface area contributed by atoms with Crippen LogP contribution in [0.1, 0.15) is 30.7 Å². The van der Waals surface area contributed by atoms with Gasteiger partial charge in [-0.15, -0.1) is 5.10 Å². The molecule has 0 radical (unpaired) electrons. The molecular formula is C22H23ClN4O. The predicted octanol–water partition coefficient (Wildman–Crippen LogP) is 5.35. The molecule has 0 aliphatic carbocycles. The number of hydrogen-bond donors (Lipinski definition) is 1. The molecule has 0 saturated carbocycles. The highest BCUT2D eigenvalue weighted by Gasteiger charge is 2.30. The van der Waals surface area contributed by atoms with Gasteiger partial charge in [-0.3, -0.25) is 5.10 Å². The fourth-order valence-electron chi connectivity index (χ4n) is 3.25. The van der Waals surface area contributed by atoms with E-state index >= 15 is 0 Å². The van der Waals surface area contributed by atoms with Crippen LogP contribution >= 0.6 is 11.6 Å². The lowest BCUT2D eigenvalue weighted by molar-refractivity contribution is 0.235. The number of nitrogens with one attached hydrogen (secondary N) is 1. The van der Waals surface area contributed by atoms with Gasteiger partial charge in [-0.1, -0.05) is 73.5 Å². The van der Waals surface area contributed by atoms with Gasteiger partial charge in [-0.2, -0.15) is 4.63 Å². The van der Waals surface area contributed by atoms with Crippen molar-refractivity contribution in [3.63, 3.8) is 0 Å². The summed E-state index contributed by atoms with van der Waals surface area (Å²) < 4.78 is 7.74. The first-order valence-electron chi connectivity index (χ1n) is 9.25. The average Bonchev–Trinajstić information content (AvgIpc) is 3.22. The van der Waals surface area contributed by atoms with Gasteiger partial charge in [-0.05, 0) is 25.5 Å². The van der Waals surface area contributed by atoms with E-state index in [1.807, 2.05) is 36.4 Å². The zero-order valence-electron chi connectivity index (χ0n) is 16.5. The number of aromatic amines is 1. The summed E-state index contributed by atoms with van der Waals surface area (Å²) >= 11 is 6.67. The minimum absolute atomic E-state index is 0.344. The number of ether oxygens (including phenoxy) is 1. The molecule has 0 aliphatic rings. The largest absolute Gasteiger partial charge is 0.492 e. The third kappa shape index (κ3) is 3.38. The molecule has 4 aromatic rings. The van der Waals surface area contributed by atoms with Crippen molar-refractivity contribution in [1.82, 2.24) is 19.8 Å². The van der Waals surface area contributed by atoms with Crippen LogP contribution in [0.2, 0.25) is 5.02 Å². The fourth-order valence-corrected chi connectivity index (χ4v) is 3.67. The fraction of sp³-hybridized carbons (Fsp3) is 0.273. The summed E-state index contributed by atoms with van der Waals surface area (Å²) in [5.41, 5.74) is 4.43. The van der Waals surface area contributed by atoms with Crippen LogP contribution < -0.4 is 4.74 Å². The van der Waals surface area contributed by atoms with Crippen LogP contribution in [0.4, 0.5) is 0 Å². The van der Waals surface area contributed by atoms with Crippen LogP contribution in [0.15, 0.2) is 48.5 Å². The van der Waals surface area contributed by atoms with Crippen molar-refractivity contribution in [3.8, 4) is 17.1 Å². The lowest BCUT2D eigenvalue weighted by atomic mass is 9.90. The summed E-state index contributed by atoms with van der Waals surface area (Å²) in [5, 5.41) is 8.40. The smallest absolute Gasteiger partial charge is 0.194 e. The van der Waals surface area contributed by atoms with E-state index in [4.69, 9.17) is 16.3 Å². The quantitative estimate of drug-likeness (QED) is 0.496. The number of rotatable bonds is 5. The lowest BCUT2D eigenvalue weighted by Gasteiger charge is -2.24. The molecule has 4 rings (SSSR count). The molecule has 2 heterocycles. The molecular weight excluding hydrogens is 372 g/mol. The Morgan fingerprint density at radius 3 is 2.54 bits per heavy atom. The van der Waals surface area contributed by atoms with Crippen molar-refractivity contribution >= 4 is 17.2 Å². The van der Waals surface area contributed by atoms with Crippen molar-refractivity contribution < 1.29 is 4.74 Å². The molecule has 0 atom stereocenters. The highest BCUT2D eigenvalue weighted by molar-refractivity contribution is 6.34. The molecule has 0 aliphatic heterocycles. The zero-order chi connectivity index (χ0) is 19.9. The molecule has 1 N–H and O–H groups in total. The Labute approximate surface area is 169 Å². The number of aryl methyl sites for hydroxylation is 2. The van der Waals surface area contributed by atoms with E-state index in [1.54, 1.807) is 4.63 Å². The monoisotopic (exact) mass is 394 g/mol. The highest BCUT2D eigenvalue weighted by atomic mass is 35.5. The molecule has 2 aromatic heterocycles. The van der Waals surface area contributed by atoms with Crippen LogP contribution in [-0.4, -0.2) is 26.4 Å². The van der Waals surface area contributed by atoms with Crippen molar-refractivity contribution in [1.29, 1.82) is 0 Å². The molecule has 6 heteroatoms. The Morgan fingerprint density at radius 1 is 1.11 bits per heavy atom. The second kappa shape index (κ2) is 6.99. The summed E-state index contributed by atoms with van der Waals surface area (Å²) in [7, 11) is 0. The van der Waals surface area contributed by atoms with E-state index in [9.17, 15) is 0 Å². The summed E-state index contributed by atoms with van der Waals surface area (Å²) in [6.45, 7) is 8.79. The van der Waals surface area contributed by atoms with E-state index in [0.29, 0.717) is 23.1 Å². The summed E-state index contributed by atoms with van der Waals surface area (Å²) in [6, 6.07) is 16.0. The van der Waals surface area contributed by atoms with E-state index in [0.717, 1.165) is 22.6 Å². The maximum absolute atomic E-state index is 6.67. The molecule has 5 nitrogen and oxygen atoms in total. The number of benzene rings is 2. The predicted molar refractivity (Wildman–Crippen MR) is 112 cm³/mol. The van der Waals surface area contributed by atoms with E-state index < -0.39 is 0 Å². The zero-order valence-corrected chi connectivity index (χ0v) is 17.2. The van der Waals surface area contributed by atoms with Crippen LogP contribution in [0.5, 0.6) is 5.75 Å². The lowest BCUT2D eigenvalue weighted by Crippen LogP contribution is -2.27. The maximum atomic E-state index is 6.67. The van der Waals surface area contributed by atoms with Crippen molar-refractivity contribution in [2.45, 2.75) is 33.1 Å². The molecule has 0 saturated heterocycles. The topological polar surface area (TPSA) is 55.2 Å². The molecule has 0 unspecified atom stereocenters. The average molecular weight is 395 g/mol. The van der Waals surface area contributed by atoms with Crippen LogP contribution in [0.25, 0.3) is 17.0 Å². The Balaban J connectivity index is 1.60. The van der Waals surface area contributed by atoms with E-state index in [2.05, 4.69) is 55.0 Å². The summed E-state index contributed by atoms with van der Waals surface area (Å²) in [6.07, 6.45) is 0. The molecule has 0 bridgehead atoms. The molecule has 144 valence electrons. The first-order chi connectivity index (χ1) is 13.3. The molecule has 2 aromatic carbocycles. The second-order valence-electron chi connectivity index (χ2n) is 7.78. The van der Waals surface area contributed by atoms with Gasteiger partial charge in [0.1, 0.15) is 10.8 Å². The van der Waals surface area contributed by atoms with E-state index in [1.165, 1.54) is 5.56 Å². The number of hydrogen-bond acceptors (Lipinski definition) is 3. The van der Waals surface area contributed by atoms with Crippen molar-refractivity contribution in [2.75, 3.05) is 6.61 Å². The normalized spacial score (nSPS) is 11.9. The third-order valence-corrected chi connectivity index (χ3v) is 5.23. The second-order valence-corrected chi connectivity index (χ2v) is 8.16. The minimum Gasteiger partial charge on any atom is -0.492 e. The Bertz CT molecular complexity index is 1130. The van der Waals surface area contributed by atoms with Gasteiger partial charge in [0, 0.05) is 11.0 Å². The van der Waals surface area contributed by atoms with Crippen LogP contribution in [-0.2, 0) is 5.41 Å². The van der Waals surface area contributed by atoms with Gasteiger partial charge < -0.3 is 4.74 Å². The number of nitrogens with zero attached hydrogens (tertiary/aromatic N) is 3. The van der Waals surface area contributed by atoms with Gasteiger partial charge in [0.05, 0.1) is 12.3 Å². The standard InChI is InChI=1S/C22H23ClN4O/c1-14-10-11-17(15(2)12-14)28-13-22(3,4)19-18(23)21-24-20(26-27(21)25-19)16-8-6-5-7-9-16/h5-12,25H,13H2,1-4H3. The number of halogens is 1. The van der Waals surface area contributed by atoms with Gasteiger partial charge in [0.25, 0.3) is 0 Å². The van der Waals surface area contributed by atoms with Gasteiger partial charge >= 0.3 is 0 Å². The third-order valence-electron chi connectivity index (χ3n) is 4.87. The minimum atomic E-state index is -0.344. The van der Waals surface area contributed by atoms with Crippen molar-refractivity contribution in [2.24, 2.45) is 0 Å². The van der Waals surface area contributed by atoms with E-state index in [-0.39, 0.29) is 5.41 Å². The number of H-pyrrole nitrogens is 1. The SMILES string of the molecule is Cc1ccc(OCC(C)(C)c2[nH]n3nc(-c4ccccc4)nc3c2Cl)c(C)c1. The highest BCUT2D eigenvalue weighted by Crippen LogP contribution is 2.33. The Morgan fingerprint density at radius 2 is 1.86 bits per heavy atom. The molecule has 0 amide bonds. The molecule has 0 spiro atoms.